The van der Waals surface area contributed by atoms with Crippen LogP contribution in [0.5, 0.6) is 0 Å². The second-order valence-electron chi connectivity index (χ2n) is 9.41. The number of fused-ring (bicyclic) bond motifs is 1. The van der Waals surface area contributed by atoms with E-state index in [1.54, 1.807) is 27.8 Å². The molecule has 0 spiro atoms. The zero-order valence-electron chi connectivity index (χ0n) is 20.9. The van der Waals surface area contributed by atoms with Gasteiger partial charge in [0, 0.05) is 30.4 Å². The number of halogens is 1. The molecule has 11 heteroatoms. The highest BCUT2D eigenvalue weighted by Crippen LogP contribution is 2.34. The predicted octanol–water partition coefficient (Wildman–Crippen LogP) is 4.25. The first kappa shape index (κ1) is 23.3. The SMILES string of the molecule is Cn1ccc(-c2nc(N)c(-c3cn(C(C)(C)c4ccc(F)cn4)nn3)nc2-c2ccc3ncccc3c2)n1. The number of pyridine rings is 2. The van der Waals surface area contributed by atoms with Gasteiger partial charge in [0.1, 0.15) is 34.1 Å². The van der Waals surface area contributed by atoms with Crippen molar-refractivity contribution in [2.45, 2.75) is 19.4 Å². The van der Waals surface area contributed by atoms with Gasteiger partial charge in [-0.3, -0.25) is 14.6 Å². The zero-order valence-corrected chi connectivity index (χ0v) is 20.9. The number of hydrogen-bond donors (Lipinski definition) is 1. The fourth-order valence-electron chi connectivity index (χ4n) is 4.28. The Bertz CT molecular complexity index is 1790. The highest BCUT2D eigenvalue weighted by Gasteiger charge is 2.28. The third-order valence-corrected chi connectivity index (χ3v) is 6.42. The summed E-state index contributed by atoms with van der Waals surface area (Å²) in [4.78, 5) is 18.3. The number of benzene rings is 1. The molecule has 1 aromatic carbocycles. The molecule has 6 rings (SSSR count). The Balaban J connectivity index is 1.49. The maximum Gasteiger partial charge on any atom is 0.152 e. The summed E-state index contributed by atoms with van der Waals surface area (Å²) in [5, 5.41) is 14.2. The first-order valence-corrected chi connectivity index (χ1v) is 11.9. The van der Waals surface area contributed by atoms with Gasteiger partial charge in [-0.25, -0.2) is 19.0 Å². The Morgan fingerprint density at radius 2 is 1.79 bits per heavy atom. The fourth-order valence-corrected chi connectivity index (χ4v) is 4.28. The van der Waals surface area contributed by atoms with Crippen LogP contribution < -0.4 is 5.73 Å². The molecule has 0 radical (unpaired) electrons. The van der Waals surface area contributed by atoms with Gasteiger partial charge in [0.2, 0.25) is 0 Å². The van der Waals surface area contributed by atoms with Crippen molar-refractivity contribution in [2.75, 3.05) is 5.73 Å². The summed E-state index contributed by atoms with van der Waals surface area (Å²) < 4.78 is 16.8. The molecule has 38 heavy (non-hydrogen) atoms. The first-order valence-electron chi connectivity index (χ1n) is 11.9. The molecule has 5 heterocycles. The molecule has 0 atom stereocenters. The lowest BCUT2D eigenvalue weighted by Crippen LogP contribution is -2.29. The van der Waals surface area contributed by atoms with Crippen LogP contribution in [0.3, 0.4) is 0 Å². The van der Waals surface area contributed by atoms with Crippen LogP contribution in [0.25, 0.3) is 44.9 Å². The number of anilines is 1. The van der Waals surface area contributed by atoms with Crippen molar-refractivity contribution in [2.24, 2.45) is 7.05 Å². The molecular weight excluding hydrogens is 483 g/mol. The molecule has 2 N–H and O–H groups in total. The number of nitrogens with zero attached hydrogens (tertiary/aromatic N) is 9. The van der Waals surface area contributed by atoms with Crippen LogP contribution in [0, 0.1) is 5.82 Å². The summed E-state index contributed by atoms with van der Waals surface area (Å²) in [5.41, 5.74) is 10.7. The molecule has 0 saturated heterocycles. The second-order valence-corrected chi connectivity index (χ2v) is 9.41. The van der Waals surface area contributed by atoms with E-state index in [-0.39, 0.29) is 5.82 Å². The Hall–Kier alpha value is -5.06. The minimum absolute atomic E-state index is 0.196. The average molecular weight is 507 g/mol. The molecule has 0 aliphatic carbocycles. The highest BCUT2D eigenvalue weighted by atomic mass is 19.1. The normalized spacial score (nSPS) is 11.8. The topological polar surface area (TPSA) is 126 Å². The number of hydrogen-bond acceptors (Lipinski definition) is 8. The second kappa shape index (κ2) is 8.80. The molecule has 0 aliphatic rings. The van der Waals surface area contributed by atoms with E-state index in [4.69, 9.17) is 15.7 Å². The van der Waals surface area contributed by atoms with E-state index in [0.717, 1.165) is 16.5 Å². The van der Waals surface area contributed by atoms with Crippen molar-refractivity contribution < 1.29 is 4.39 Å². The number of rotatable bonds is 5. The predicted molar refractivity (Wildman–Crippen MR) is 141 cm³/mol. The molecule has 0 unspecified atom stereocenters. The van der Waals surface area contributed by atoms with Crippen LogP contribution in [0.4, 0.5) is 10.2 Å². The van der Waals surface area contributed by atoms with E-state index in [1.807, 2.05) is 63.5 Å². The van der Waals surface area contributed by atoms with Crippen molar-refractivity contribution in [3.8, 4) is 34.0 Å². The lowest BCUT2D eigenvalue weighted by molar-refractivity contribution is 0.369. The van der Waals surface area contributed by atoms with Gasteiger partial charge in [0.05, 0.1) is 29.3 Å². The van der Waals surface area contributed by atoms with Crippen LogP contribution in [0.1, 0.15) is 19.5 Å². The largest absolute Gasteiger partial charge is 0.382 e. The number of nitrogens with two attached hydrogens (primary N) is 1. The van der Waals surface area contributed by atoms with E-state index < -0.39 is 11.4 Å². The summed E-state index contributed by atoms with van der Waals surface area (Å²) in [6.45, 7) is 3.83. The Kier molecular flexibility index (Phi) is 5.41. The molecule has 0 aliphatic heterocycles. The van der Waals surface area contributed by atoms with Crippen LogP contribution >= 0.6 is 0 Å². The van der Waals surface area contributed by atoms with E-state index >= 15 is 0 Å². The summed E-state index contributed by atoms with van der Waals surface area (Å²) in [7, 11) is 1.84. The van der Waals surface area contributed by atoms with Gasteiger partial charge in [-0.15, -0.1) is 5.10 Å². The minimum atomic E-state index is -0.705. The van der Waals surface area contributed by atoms with Crippen molar-refractivity contribution in [3.63, 3.8) is 0 Å². The van der Waals surface area contributed by atoms with Crippen molar-refractivity contribution in [3.05, 3.63) is 84.8 Å². The first-order chi connectivity index (χ1) is 18.3. The van der Waals surface area contributed by atoms with Gasteiger partial charge in [-0.05, 0) is 50.2 Å². The van der Waals surface area contributed by atoms with Crippen molar-refractivity contribution in [1.82, 2.24) is 44.7 Å². The van der Waals surface area contributed by atoms with E-state index in [2.05, 4.69) is 25.4 Å². The van der Waals surface area contributed by atoms with E-state index in [1.165, 1.54) is 12.3 Å². The molecule has 6 aromatic rings. The summed E-state index contributed by atoms with van der Waals surface area (Å²) >= 11 is 0. The standard InChI is InChI=1S/C27H23FN10/c1-27(2,22-9-7-18(28)14-31-22)38-15-21(34-36-38)25-26(29)33-24(20-10-12-37(3)35-20)23(32-25)17-6-8-19-16(13-17)5-4-11-30-19/h4-15H,1-3H3,(H2,29,33). The Morgan fingerprint density at radius 1 is 0.921 bits per heavy atom. The maximum atomic E-state index is 13.4. The highest BCUT2D eigenvalue weighted by molar-refractivity contribution is 5.88. The van der Waals surface area contributed by atoms with Crippen molar-refractivity contribution in [1.29, 1.82) is 0 Å². The molecule has 0 amide bonds. The monoisotopic (exact) mass is 506 g/mol. The maximum absolute atomic E-state index is 13.4. The molecule has 188 valence electrons. The average Bonchev–Trinajstić information content (AvgIpc) is 3.58. The summed E-state index contributed by atoms with van der Waals surface area (Å²) in [6.07, 6.45) is 6.52. The molecule has 10 nitrogen and oxygen atoms in total. The Morgan fingerprint density at radius 3 is 2.55 bits per heavy atom. The summed E-state index contributed by atoms with van der Waals surface area (Å²) in [6, 6.07) is 14.6. The van der Waals surface area contributed by atoms with Crippen molar-refractivity contribution >= 4 is 16.7 Å². The van der Waals surface area contributed by atoms with Gasteiger partial charge >= 0.3 is 0 Å². The van der Waals surface area contributed by atoms with Gasteiger partial charge < -0.3 is 5.73 Å². The number of aromatic nitrogens is 9. The molecular formula is C27H23FN10. The summed E-state index contributed by atoms with van der Waals surface area (Å²) in [5.74, 6) is -0.210. The molecule has 0 fully saturated rings. The zero-order chi connectivity index (χ0) is 26.4. The molecule has 0 saturated carbocycles. The molecule has 5 aromatic heterocycles. The van der Waals surface area contributed by atoms with Crippen LogP contribution in [0.2, 0.25) is 0 Å². The quantitative estimate of drug-likeness (QED) is 0.368. The van der Waals surface area contributed by atoms with Gasteiger partial charge in [-0.2, -0.15) is 5.10 Å². The number of nitrogen functional groups attached to an aromatic ring is 1. The van der Waals surface area contributed by atoms with Crippen LogP contribution in [0.15, 0.2) is 73.3 Å². The number of aryl methyl sites for hydroxylation is 1. The van der Waals surface area contributed by atoms with Gasteiger partial charge in [-0.1, -0.05) is 17.3 Å². The molecule has 0 bridgehead atoms. The lowest BCUT2D eigenvalue weighted by Gasteiger charge is -2.23. The van der Waals surface area contributed by atoms with E-state index in [9.17, 15) is 4.39 Å². The Labute approximate surface area is 217 Å². The van der Waals surface area contributed by atoms with Crippen LogP contribution in [-0.4, -0.2) is 44.7 Å². The lowest BCUT2D eigenvalue weighted by atomic mass is 10.0. The van der Waals surface area contributed by atoms with Crippen LogP contribution in [-0.2, 0) is 12.6 Å². The third kappa shape index (κ3) is 4.03. The minimum Gasteiger partial charge on any atom is -0.382 e. The van der Waals surface area contributed by atoms with Gasteiger partial charge in [0.15, 0.2) is 5.82 Å². The third-order valence-electron chi connectivity index (χ3n) is 6.42. The fraction of sp³-hybridized carbons (Fsp3) is 0.148. The van der Waals surface area contributed by atoms with E-state index in [0.29, 0.717) is 34.2 Å². The smallest absolute Gasteiger partial charge is 0.152 e. The van der Waals surface area contributed by atoms with Gasteiger partial charge in [0.25, 0.3) is 0 Å².